The van der Waals surface area contributed by atoms with E-state index in [-0.39, 0.29) is 30.8 Å². The van der Waals surface area contributed by atoms with Gasteiger partial charge in [0.25, 0.3) is 0 Å². The minimum absolute atomic E-state index is 0.0615. The molecule has 2 aromatic carbocycles. The number of benzene rings is 2. The maximum absolute atomic E-state index is 14.1. The second-order valence-corrected chi connectivity index (χ2v) is 9.30. The van der Waals surface area contributed by atoms with Crippen LogP contribution in [-0.4, -0.2) is 56.9 Å². The van der Waals surface area contributed by atoms with Crippen molar-refractivity contribution in [3.05, 3.63) is 53.1 Å². The minimum Gasteiger partial charge on any atom is -0.505 e. The SMILES string of the molecule is C[C@]1([C@@H](O)CNC[C@H](O)[C@]2(C)CCc3c(ccc(O)c3F)O2)C[C@H](O)c2cc(F)ccc2O1. The molecule has 5 N–H and O–H groups in total. The maximum atomic E-state index is 14.1. The van der Waals surface area contributed by atoms with Crippen LogP contribution in [0, 0.1) is 11.6 Å². The molecule has 2 aliphatic heterocycles. The van der Waals surface area contributed by atoms with Crippen molar-refractivity contribution in [2.45, 2.75) is 62.6 Å². The predicted molar refractivity (Wildman–Crippen MR) is 115 cm³/mol. The molecule has 0 saturated heterocycles. The largest absolute Gasteiger partial charge is 0.505 e. The molecule has 180 valence electrons. The van der Waals surface area contributed by atoms with Gasteiger partial charge in [0, 0.05) is 30.6 Å². The molecule has 0 fully saturated rings. The highest BCUT2D eigenvalue weighted by Crippen LogP contribution is 2.41. The van der Waals surface area contributed by atoms with Crippen molar-refractivity contribution in [1.29, 1.82) is 0 Å². The number of hydrogen-bond acceptors (Lipinski definition) is 7. The van der Waals surface area contributed by atoms with E-state index in [9.17, 15) is 29.2 Å². The zero-order valence-corrected chi connectivity index (χ0v) is 18.5. The van der Waals surface area contributed by atoms with Crippen molar-refractivity contribution in [2.24, 2.45) is 0 Å². The number of aliphatic hydroxyl groups excluding tert-OH is 3. The van der Waals surface area contributed by atoms with E-state index in [0.717, 1.165) is 0 Å². The third-order valence-corrected chi connectivity index (χ3v) is 6.75. The van der Waals surface area contributed by atoms with E-state index in [4.69, 9.17) is 9.47 Å². The number of nitrogens with one attached hydrogen (secondary N) is 1. The van der Waals surface area contributed by atoms with Crippen LogP contribution >= 0.6 is 0 Å². The van der Waals surface area contributed by atoms with E-state index < -0.39 is 46.9 Å². The smallest absolute Gasteiger partial charge is 0.171 e. The summed E-state index contributed by atoms with van der Waals surface area (Å²) in [4.78, 5) is 0. The van der Waals surface area contributed by atoms with Gasteiger partial charge in [-0.2, -0.15) is 0 Å². The Morgan fingerprint density at radius 1 is 1.03 bits per heavy atom. The number of phenolic OH excluding ortho intramolecular Hbond substituents is 1. The summed E-state index contributed by atoms with van der Waals surface area (Å²) in [5, 5.41) is 44.5. The molecule has 33 heavy (non-hydrogen) atoms. The Kier molecular flexibility index (Phi) is 6.26. The van der Waals surface area contributed by atoms with Crippen molar-refractivity contribution in [1.82, 2.24) is 5.32 Å². The van der Waals surface area contributed by atoms with Crippen LogP contribution in [0.2, 0.25) is 0 Å². The fraction of sp³-hybridized carbons (Fsp3) is 0.500. The van der Waals surface area contributed by atoms with E-state index in [1.54, 1.807) is 13.8 Å². The number of rotatable bonds is 6. The quantitative estimate of drug-likeness (QED) is 0.445. The first-order valence-electron chi connectivity index (χ1n) is 10.9. The van der Waals surface area contributed by atoms with Gasteiger partial charge in [-0.1, -0.05) is 0 Å². The summed E-state index contributed by atoms with van der Waals surface area (Å²) in [5.74, 6) is -1.02. The van der Waals surface area contributed by atoms with Crippen LogP contribution in [0.1, 0.15) is 43.9 Å². The fourth-order valence-corrected chi connectivity index (χ4v) is 4.48. The lowest BCUT2D eigenvalue weighted by atomic mass is 9.85. The number of aromatic hydroxyl groups is 1. The Bertz CT molecular complexity index is 1040. The topological polar surface area (TPSA) is 111 Å². The molecular formula is C24H29F2NO6. The van der Waals surface area contributed by atoms with Crippen molar-refractivity contribution in [3.63, 3.8) is 0 Å². The van der Waals surface area contributed by atoms with E-state index in [0.29, 0.717) is 24.2 Å². The number of phenols is 1. The highest BCUT2D eigenvalue weighted by molar-refractivity contribution is 5.43. The first kappa shape index (κ1) is 23.7. The molecule has 9 heteroatoms. The Balaban J connectivity index is 1.35. The van der Waals surface area contributed by atoms with Crippen molar-refractivity contribution < 1.29 is 38.7 Å². The molecule has 0 aliphatic carbocycles. The number of halogens is 2. The second-order valence-electron chi connectivity index (χ2n) is 9.30. The van der Waals surface area contributed by atoms with Crippen LogP contribution in [0.5, 0.6) is 17.2 Å². The first-order valence-corrected chi connectivity index (χ1v) is 10.9. The van der Waals surface area contributed by atoms with Gasteiger partial charge in [0.2, 0.25) is 0 Å². The molecule has 0 saturated carbocycles. The van der Waals surface area contributed by atoms with Crippen LogP contribution in [-0.2, 0) is 6.42 Å². The van der Waals surface area contributed by atoms with Gasteiger partial charge >= 0.3 is 0 Å². The Morgan fingerprint density at radius 3 is 2.39 bits per heavy atom. The van der Waals surface area contributed by atoms with Crippen LogP contribution < -0.4 is 14.8 Å². The number of ether oxygens (including phenoxy) is 2. The molecule has 4 rings (SSSR count). The Morgan fingerprint density at radius 2 is 1.67 bits per heavy atom. The molecule has 2 aromatic rings. The molecule has 0 spiro atoms. The van der Waals surface area contributed by atoms with Crippen LogP contribution in [0.4, 0.5) is 8.78 Å². The zero-order chi connectivity index (χ0) is 24.0. The molecule has 0 radical (unpaired) electrons. The molecule has 5 atom stereocenters. The summed E-state index contributed by atoms with van der Waals surface area (Å²) >= 11 is 0. The molecule has 0 amide bonds. The van der Waals surface area contributed by atoms with E-state index in [2.05, 4.69) is 5.32 Å². The summed E-state index contributed by atoms with van der Waals surface area (Å²) in [6.45, 7) is 3.54. The number of hydrogen-bond donors (Lipinski definition) is 5. The summed E-state index contributed by atoms with van der Waals surface area (Å²) in [6.07, 6.45) is -2.27. The zero-order valence-electron chi connectivity index (χ0n) is 18.5. The van der Waals surface area contributed by atoms with Gasteiger partial charge < -0.3 is 35.2 Å². The van der Waals surface area contributed by atoms with Crippen LogP contribution in [0.3, 0.4) is 0 Å². The fourth-order valence-electron chi connectivity index (χ4n) is 4.48. The molecule has 7 nitrogen and oxygen atoms in total. The third-order valence-electron chi connectivity index (χ3n) is 6.75. The Hall–Kier alpha value is -2.46. The van der Waals surface area contributed by atoms with E-state index in [1.807, 2.05) is 0 Å². The predicted octanol–water partition coefficient (Wildman–Crippen LogP) is 2.34. The van der Waals surface area contributed by atoms with Crippen LogP contribution in [0.25, 0.3) is 0 Å². The standard InChI is InChI=1S/C24H29F2NO6/c1-23(8-7-14-18(32-23)6-4-16(28)22(14)26)20(30)11-27-12-21(31)24(2)10-17(29)15-9-13(25)3-5-19(15)33-24/h3-6,9,17,20-21,27-31H,7-8,10-12H2,1-2H3/t17-,20-,21-,23-,24+/m0/s1. The molecular weight excluding hydrogens is 436 g/mol. The van der Waals surface area contributed by atoms with Gasteiger partial charge in [0.15, 0.2) is 11.6 Å². The van der Waals surface area contributed by atoms with Gasteiger partial charge in [-0.3, -0.25) is 0 Å². The lowest BCUT2D eigenvalue weighted by molar-refractivity contribution is -0.0865. The maximum Gasteiger partial charge on any atom is 0.171 e. The van der Waals surface area contributed by atoms with Crippen molar-refractivity contribution in [3.8, 4) is 17.2 Å². The molecule has 2 heterocycles. The normalized spacial score (nSPS) is 28.2. The lowest BCUT2D eigenvalue weighted by Gasteiger charge is -2.42. The Labute approximate surface area is 190 Å². The van der Waals surface area contributed by atoms with Gasteiger partial charge in [0.1, 0.15) is 40.7 Å². The third kappa shape index (κ3) is 4.50. The van der Waals surface area contributed by atoms with Gasteiger partial charge in [-0.15, -0.1) is 0 Å². The van der Waals surface area contributed by atoms with Gasteiger partial charge in [-0.25, -0.2) is 8.78 Å². The van der Waals surface area contributed by atoms with E-state index >= 15 is 0 Å². The minimum atomic E-state index is -1.12. The van der Waals surface area contributed by atoms with Crippen molar-refractivity contribution >= 4 is 0 Å². The van der Waals surface area contributed by atoms with Gasteiger partial charge in [-0.05, 0) is 57.0 Å². The van der Waals surface area contributed by atoms with Crippen molar-refractivity contribution in [2.75, 3.05) is 13.1 Å². The van der Waals surface area contributed by atoms with Crippen LogP contribution in [0.15, 0.2) is 30.3 Å². The highest BCUT2D eigenvalue weighted by Gasteiger charge is 2.43. The average molecular weight is 465 g/mol. The molecule has 0 bridgehead atoms. The summed E-state index contributed by atoms with van der Waals surface area (Å²) in [5.41, 5.74) is -1.48. The molecule has 0 unspecified atom stereocenters. The summed E-state index contributed by atoms with van der Waals surface area (Å²) in [6, 6.07) is 6.57. The lowest BCUT2D eigenvalue weighted by Crippen LogP contribution is -2.55. The number of fused-ring (bicyclic) bond motifs is 2. The second kappa shape index (κ2) is 8.72. The average Bonchev–Trinajstić information content (AvgIpc) is 2.76. The monoisotopic (exact) mass is 465 g/mol. The summed E-state index contributed by atoms with van der Waals surface area (Å²) in [7, 11) is 0. The van der Waals surface area contributed by atoms with E-state index in [1.165, 1.54) is 30.3 Å². The van der Waals surface area contributed by atoms with Gasteiger partial charge in [0.05, 0.1) is 6.10 Å². The summed E-state index contributed by atoms with van der Waals surface area (Å²) < 4.78 is 39.4. The highest BCUT2D eigenvalue weighted by atomic mass is 19.1. The molecule has 2 aliphatic rings. The molecule has 0 aromatic heterocycles. The first-order chi connectivity index (χ1) is 15.5. The number of aliphatic hydroxyl groups is 3.